The molecule has 2 aliphatic rings. The van der Waals surface area contributed by atoms with Crippen LogP contribution in [-0.4, -0.2) is 55.6 Å². The van der Waals surface area contributed by atoms with Gasteiger partial charge in [-0.15, -0.1) is 0 Å². The number of methoxy groups -OCH3 is 1. The maximum atomic E-state index is 12.6. The highest BCUT2D eigenvalue weighted by Gasteiger charge is 2.45. The smallest absolute Gasteiger partial charge is 0.409 e. The van der Waals surface area contributed by atoms with Crippen molar-refractivity contribution in [2.45, 2.75) is 25.2 Å². The highest BCUT2D eigenvalue weighted by atomic mass is 16.5. The number of carbonyl (C=O) groups is 2. The molecule has 2 aliphatic heterocycles. The molecule has 2 amide bonds. The van der Waals surface area contributed by atoms with Crippen molar-refractivity contribution < 1.29 is 14.3 Å². The lowest BCUT2D eigenvalue weighted by molar-refractivity contribution is -0.139. The molecule has 1 aromatic carbocycles. The predicted molar refractivity (Wildman–Crippen MR) is 87.1 cm³/mol. The molecule has 2 fully saturated rings. The molecule has 0 saturated carbocycles. The molecule has 1 aromatic rings. The van der Waals surface area contributed by atoms with Gasteiger partial charge in [0.15, 0.2) is 0 Å². The normalized spacial score (nSPS) is 23.9. The van der Waals surface area contributed by atoms with E-state index in [0.29, 0.717) is 13.1 Å². The number of nitrogens with zero attached hydrogens (tertiary/aromatic N) is 2. The second-order valence-corrected chi connectivity index (χ2v) is 6.82. The van der Waals surface area contributed by atoms with Crippen molar-refractivity contribution in [3.63, 3.8) is 0 Å². The number of likely N-dealkylation sites (N-methyl/N-ethyl adjacent to an activating group) is 1. The highest BCUT2D eigenvalue weighted by molar-refractivity contribution is 5.84. The SMILES string of the molecule is COC(=O)N1CCC2(CC1)CC(c1ccccc1)C(=O)N(C)C2. The number of hydrogen-bond acceptors (Lipinski definition) is 3. The molecule has 3 rings (SSSR count). The van der Waals surface area contributed by atoms with E-state index in [9.17, 15) is 9.59 Å². The van der Waals surface area contributed by atoms with Crippen molar-refractivity contribution in [1.29, 1.82) is 0 Å². The van der Waals surface area contributed by atoms with E-state index in [0.717, 1.165) is 31.4 Å². The molecule has 0 radical (unpaired) electrons. The topological polar surface area (TPSA) is 49.9 Å². The summed E-state index contributed by atoms with van der Waals surface area (Å²) >= 11 is 0. The summed E-state index contributed by atoms with van der Waals surface area (Å²) in [7, 11) is 3.32. The van der Waals surface area contributed by atoms with Crippen LogP contribution < -0.4 is 0 Å². The van der Waals surface area contributed by atoms with Crippen LogP contribution in [0.4, 0.5) is 4.79 Å². The maximum Gasteiger partial charge on any atom is 0.409 e. The van der Waals surface area contributed by atoms with Crippen LogP contribution in [0.3, 0.4) is 0 Å². The molecular weight excluding hydrogens is 292 g/mol. The quantitative estimate of drug-likeness (QED) is 0.800. The van der Waals surface area contributed by atoms with Gasteiger partial charge in [-0.1, -0.05) is 30.3 Å². The van der Waals surface area contributed by atoms with E-state index < -0.39 is 0 Å². The van der Waals surface area contributed by atoms with Crippen LogP contribution in [-0.2, 0) is 9.53 Å². The summed E-state index contributed by atoms with van der Waals surface area (Å²) in [5.74, 6) is 0.136. The molecule has 124 valence electrons. The van der Waals surface area contributed by atoms with Gasteiger partial charge in [-0.05, 0) is 30.2 Å². The summed E-state index contributed by atoms with van der Waals surface area (Å²) in [4.78, 5) is 27.9. The van der Waals surface area contributed by atoms with Crippen LogP contribution in [0.1, 0.15) is 30.7 Å². The molecule has 0 N–H and O–H groups in total. The van der Waals surface area contributed by atoms with Gasteiger partial charge >= 0.3 is 6.09 Å². The van der Waals surface area contributed by atoms with Crippen LogP contribution in [0.5, 0.6) is 0 Å². The molecule has 0 aromatic heterocycles. The zero-order valence-corrected chi connectivity index (χ0v) is 13.8. The third kappa shape index (κ3) is 3.05. The van der Waals surface area contributed by atoms with Gasteiger partial charge in [0, 0.05) is 26.7 Å². The first-order chi connectivity index (χ1) is 11.0. The lowest BCUT2D eigenvalue weighted by atomic mass is 9.68. The second kappa shape index (κ2) is 6.22. The first kappa shape index (κ1) is 15.8. The van der Waals surface area contributed by atoms with Crippen LogP contribution in [0.2, 0.25) is 0 Å². The molecule has 0 aliphatic carbocycles. The van der Waals surface area contributed by atoms with Gasteiger partial charge in [0.05, 0.1) is 13.0 Å². The number of likely N-dealkylation sites (tertiary alicyclic amines) is 2. The van der Waals surface area contributed by atoms with Gasteiger partial charge in [-0.2, -0.15) is 0 Å². The number of piperidine rings is 2. The van der Waals surface area contributed by atoms with E-state index in [1.54, 1.807) is 4.90 Å². The Bertz CT molecular complexity index is 579. The van der Waals surface area contributed by atoms with Crippen molar-refractivity contribution in [2.24, 2.45) is 5.41 Å². The molecule has 23 heavy (non-hydrogen) atoms. The van der Waals surface area contributed by atoms with Gasteiger partial charge in [-0.25, -0.2) is 4.79 Å². The van der Waals surface area contributed by atoms with Crippen LogP contribution in [0, 0.1) is 5.41 Å². The Balaban J connectivity index is 1.77. The van der Waals surface area contributed by atoms with Gasteiger partial charge < -0.3 is 14.5 Å². The molecule has 0 bridgehead atoms. The first-order valence-electron chi connectivity index (χ1n) is 8.17. The summed E-state index contributed by atoms with van der Waals surface area (Å²) in [5.41, 5.74) is 1.20. The number of hydrogen-bond donors (Lipinski definition) is 0. The zero-order valence-electron chi connectivity index (χ0n) is 13.8. The fraction of sp³-hybridized carbons (Fsp3) is 0.556. The van der Waals surface area contributed by atoms with Crippen LogP contribution in [0.25, 0.3) is 0 Å². The Morgan fingerprint density at radius 1 is 1.22 bits per heavy atom. The standard InChI is InChI=1S/C18H24N2O3/c1-19-13-18(8-10-20(11-9-18)17(22)23-2)12-15(16(19)21)14-6-4-3-5-7-14/h3-7,15H,8-13H2,1-2H3. The summed E-state index contributed by atoms with van der Waals surface area (Å²) in [5, 5.41) is 0. The third-order valence-corrected chi connectivity index (χ3v) is 5.34. The molecule has 5 nitrogen and oxygen atoms in total. The Labute approximate surface area is 137 Å². The van der Waals surface area contributed by atoms with Gasteiger partial charge in [0.2, 0.25) is 5.91 Å². The van der Waals surface area contributed by atoms with Crippen molar-refractivity contribution in [3.05, 3.63) is 35.9 Å². The largest absolute Gasteiger partial charge is 0.453 e. The molecule has 2 heterocycles. The molecule has 1 spiro atoms. The molecule has 1 atom stereocenters. The van der Waals surface area contributed by atoms with Gasteiger partial charge in [0.1, 0.15) is 0 Å². The monoisotopic (exact) mass is 316 g/mol. The fourth-order valence-corrected chi connectivity index (χ4v) is 4.03. The number of amides is 2. The highest BCUT2D eigenvalue weighted by Crippen LogP contribution is 2.45. The van der Waals surface area contributed by atoms with Crippen LogP contribution in [0.15, 0.2) is 30.3 Å². The molecule has 1 unspecified atom stereocenters. The number of benzene rings is 1. The van der Waals surface area contributed by atoms with E-state index in [1.165, 1.54) is 7.11 Å². The number of carbonyl (C=O) groups excluding carboxylic acids is 2. The van der Waals surface area contributed by atoms with Crippen molar-refractivity contribution in [3.8, 4) is 0 Å². The second-order valence-electron chi connectivity index (χ2n) is 6.82. The zero-order chi connectivity index (χ0) is 16.4. The Morgan fingerprint density at radius 2 is 1.87 bits per heavy atom. The van der Waals surface area contributed by atoms with Crippen LogP contribution >= 0.6 is 0 Å². The Kier molecular flexibility index (Phi) is 4.28. The Hall–Kier alpha value is -2.04. The minimum atomic E-state index is -0.250. The first-order valence-corrected chi connectivity index (χ1v) is 8.17. The average molecular weight is 316 g/mol. The lowest BCUT2D eigenvalue weighted by Crippen LogP contribution is -2.53. The summed E-state index contributed by atoms with van der Waals surface area (Å²) in [6.07, 6.45) is 2.46. The van der Waals surface area contributed by atoms with Gasteiger partial charge in [-0.3, -0.25) is 4.79 Å². The minimum absolute atomic E-state index is 0.0698. The van der Waals surface area contributed by atoms with Crippen molar-refractivity contribution in [1.82, 2.24) is 9.80 Å². The third-order valence-electron chi connectivity index (χ3n) is 5.34. The van der Waals surface area contributed by atoms with Crippen molar-refractivity contribution in [2.75, 3.05) is 33.8 Å². The van der Waals surface area contributed by atoms with E-state index in [1.807, 2.05) is 42.3 Å². The number of rotatable bonds is 1. The van der Waals surface area contributed by atoms with Gasteiger partial charge in [0.25, 0.3) is 0 Å². The molecular formula is C18H24N2O3. The minimum Gasteiger partial charge on any atom is -0.453 e. The lowest BCUT2D eigenvalue weighted by Gasteiger charge is -2.48. The number of ether oxygens (including phenoxy) is 1. The summed E-state index contributed by atoms with van der Waals surface area (Å²) in [6, 6.07) is 10.0. The van der Waals surface area contributed by atoms with E-state index in [-0.39, 0.29) is 23.3 Å². The summed E-state index contributed by atoms with van der Waals surface area (Å²) < 4.78 is 4.82. The van der Waals surface area contributed by atoms with E-state index >= 15 is 0 Å². The maximum absolute atomic E-state index is 12.6. The summed E-state index contributed by atoms with van der Waals surface area (Å²) in [6.45, 7) is 2.19. The average Bonchev–Trinajstić information content (AvgIpc) is 2.59. The van der Waals surface area contributed by atoms with Crippen molar-refractivity contribution >= 4 is 12.0 Å². The van der Waals surface area contributed by atoms with E-state index in [2.05, 4.69) is 0 Å². The molecule has 2 saturated heterocycles. The molecule has 5 heteroatoms. The fourth-order valence-electron chi connectivity index (χ4n) is 4.03. The Morgan fingerprint density at radius 3 is 2.48 bits per heavy atom. The predicted octanol–water partition coefficient (Wildman–Crippen LogP) is 2.48. The van der Waals surface area contributed by atoms with E-state index in [4.69, 9.17) is 4.74 Å².